The van der Waals surface area contributed by atoms with Gasteiger partial charge in [0.05, 0.1) is 31.1 Å². The average Bonchev–Trinajstić information content (AvgIpc) is 3.40. The highest BCUT2D eigenvalue weighted by Crippen LogP contribution is 2.38. The van der Waals surface area contributed by atoms with Gasteiger partial charge in [0.25, 0.3) is 5.91 Å². The van der Waals surface area contributed by atoms with E-state index in [1.807, 2.05) is 4.90 Å². The zero-order valence-electron chi connectivity index (χ0n) is 17.6. The number of anilines is 1. The third-order valence-corrected chi connectivity index (χ3v) is 5.33. The maximum absolute atomic E-state index is 13.9. The van der Waals surface area contributed by atoms with Gasteiger partial charge in [-0.15, -0.1) is 0 Å². The van der Waals surface area contributed by atoms with Crippen molar-refractivity contribution in [2.45, 2.75) is 38.3 Å². The Labute approximate surface area is 178 Å². The van der Waals surface area contributed by atoms with E-state index in [2.05, 4.69) is 20.4 Å². The van der Waals surface area contributed by atoms with Gasteiger partial charge in [-0.25, -0.2) is 23.3 Å². The van der Waals surface area contributed by atoms with Crippen molar-refractivity contribution in [1.29, 1.82) is 0 Å². The fourth-order valence-electron chi connectivity index (χ4n) is 3.80. The van der Waals surface area contributed by atoms with Crippen LogP contribution in [0.25, 0.3) is 5.65 Å². The van der Waals surface area contributed by atoms with Crippen LogP contribution >= 0.6 is 0 Å². The van der Waals surface area contributed by atoms with Crippen LogP contribution in [-0.2, 0) is 0 Å². The Bertz CT molecular complexity index is 1120. The Hall–Kier alpha value is -3.30. The number of nitrogens with one attached hydrogen (secondary N) is 1. The van der Waals surface area contributed by atoms with E-state index < -0.39 is 23.9 Å². The summed E-state index contributed by atoms with van der Waals surface area (Å²) in [6.45, 7) is 3.21. The summed E-state index contributed by atoms with van der Waals surface area (Å²) >= 11 is 0. The molecular formula is C21H24F2N6O2. The monoisotopic (exact) mass is 430 g/mol. The standard InChI is InChI=1S/C21H24F2N6O2/c1-21(2,12-22)27-19(30)15-11-25-29-8-6-17(26-18(15)29)28-7-4-5-16(28)14-9-13(23)10-24-20(14)31-3/h6,8-11,16H,4-5,7,12H2,1-3H3,(H,27,30). The smallest absolute Gasteiger partial charge is 0.257 e. The fraction of sp³-hybridized carbons (Fsp3) is 0.429. The largest absolute Gasteiger partial charge is 0.481 e. The number of amides is 1. The van der Waals surface area contributed by atoms with Gasteiger partial charge >= 0.3 is 0 Å². The van der Waals surface area contributed by atoms with E-state index >= 15 is 0 Å². The molecule has 0 radical (unpaired) electrons. The molecule has 1 aliphatic rings. The molecule has 1 N–H and O–H groups in total. The molecule has 0 spiro atoms. The van der Waals surface area contributed by atoms with Crippen molar-refractivity contribution < 1.29 is 18.3 Å². The van der Waals surface area contributed by atoms with Crippen LogP contribution in [-0.4, -0.2) is 51.4 Å². The third kappa shape index (κ3) is 4.01. The van der Waals surface area contributed by atoms with Crippen molar-refractivity contribution >= 4 is 17.4 Å². The first-order valence-corrected chi connectivity index (χ1v) is 10.0. The van der Waals surface area contributed by atoms with E-state index in [0.717, 1.165) is 19.0 Å². The maximum atomic E-state index is 13.9. The molecule has 10 heteroatoms. The van der Waals surface area contributed by atoms with Crippen LogP contribution in [0.1, 0.15) is 48.7 Å². The molecule has 4 heterocycles. The molecule has 1 unspecified atom stereocenters. The molecule has 1 aliphatic heterocycles. The summed E-state index contributed by atoms with van der Waals surface area (Å²) in [6.07, 6.45) is 5.92. The van der Waals surface area contributed by atoms with Gasteiger partial charge in [-0.1, -0.05) is 0 Å². The number of rotatable bonds is 6. The Morgan fingerprint density at radius 1 is 1.39 bits per heavy atom. The fourth-order valence-corrected chi connectivity index (χ4v) is 3.80. The van der Waals surface area contributed by atoms with Crippen LogP contribution < -0.4 is 15.0 Å². The minimum Gasteiger partial charge on any atom is -0.481 e. The number of nitrogens with zero attached hydrogens (tertiary/aromatic N) is 5. The Balaban J connectivity index is 1.70. The lowest BCUT2D eigenvalue weighted by Crippen LogP contribution is -2.45. The molecule has 1 amide bonds. The molecule has 8 nitrogen and oxygen atoms in total. The van der Waals surface area contributed by atoms with Crippen molar-refractivity contribution in [3.63, 3.8) is 0 Å². The van der Waals surface area contributed by atoms with Gasteiger partial charge in [0.2, 0.25) is 5.88 Å². The number of hydrogen-bond donors (Lipinski definition) is 1. The van der Waals surface area contributed by atoms with Crippen LogP contribution in [0.3, 0.4) is 0 Å². The predicted molar refractivity (Wildman–Crippen MR) is 111 cm³/mol. The highest BCUT2D eigenvalue weighted by molar-refractivity contribution is 6.00. The van der Waals surface area contributed by atoms with Crippen molar-refractivity contribution in [1.82, 2.24) is 24.9 Å². The highest BCUT2D eigenvalue weighted by Gasteiger charge is 2.31. The Morgan fingerprint density at radius 3 is 2.94 bits per heavy atom. The van der Waals surface area contributed by atoms with E-state index in [9.17, 15) is 13.6 Å². The van der Waals surface area contributed by atoms with Crippen LogP contribution in [0.5, 0.6) is 5.88 Å². The molecule has 0 aromatic carbocycles. The number of hydrogen-bond acceptors (Lipinski definition) is 6. The highest BCUT2D eigenvalue weighted by atomic mass is 19.1. The summed E-state index contributed by atoms with van der Waals surface area (Å²) in [4.78, 5) is 23.4. The van der Waals surface area contributed by atoms with Crippen LogP contribution in [0.15, 0.2) is 30.7 Å². The quantitative estimate of drug-likeness (QED) is 0.647. The van der Waals surface area contributed by atoms with Crippen molar-refractivity contribution in [2.24, 2.45) is 0 Å². The van der Waals surface area contributed by atoms with Crippen molar-refractivity contribution in [3.05, 3.63) is 47.7 Å². The predicted octanol–water partition coefficient (Wildman–Crippen LogP) is 3.09. The summed E-state index contributed by atoms with van der Waals surface area (Å²) in [6, 6.07) is 3.06. The van der Waals surface area contributed by atoms with Gasteiger partial charge < -0.3 is 15.0 Å². The number of fused-ring (bicyclic) bond motifs is 1. The molecule has 3 aromatic heterocycles. The molecule has 0 saturated carbocycles. The Morgan fingerprint density at radius 2 is 2.19 bits per heavy atom. The lowest BCUT2D eigenvalue weighted by atomic mass is 10.1. The second-order valence-electron chi connectivity index (χ2n) is 8.19. The van der Waals surface area contributed by atoms with Crippen LogP contribution in [0.4, 0.5) is 14.6 Å². The number of aromatic nitrogens is 4. The first-order valence-electron chi connectivity index (χ1n) is 10.0. The average molecular weight is 430 g/mol. The van der Waals surface area contributed by atoms with Gasteiger partial charge in [-0.3, -0.25) is 4.79 Å². The lowest BCUT2D eigenvalue weighted by molar-refractivity contribution is 0.0901. The second-order valence-corrected chi connectivity index (χ2v) is 8.19. The van der Waals surface area contributed by atoms with Gasteiger partial charge in [-0.2, -0.15) is 5.10 Å². The lowest BCUT2D eigenvalue weighted by Gasteiger charge is -2.27. The van der Waals surface area contributed by atoms with E-state index in [0.29, 0.717) is 29.5 Å². The number of carbonyl (C=O) groups excluding carboxylic acids is 1. The summed E-state index contributed by atoms with van der Waals surface area (Å²) in [7, 11) is 1.50. The minimum atomic E-state index is -0.996. The minimum absolute atomic E-state index is 0.168. The summed E-state index contributed by atoms with van der Waals surface area (Å²) in [5.41, 5.74) is 0.269. The van der Waals surface area contributed by atoms with Gasteiger partial charge in [0.15, 0.2) is 5.65 Å². The number of carbonyl (C=O) groups is 1. The summed E-state index contributed by atoms with van der Waals surface area (Å²) in [5.74, 6) is 0.116. The van der Waals surface area contributed by atoms with E-state index in [-0.39, 0.29) is 11.6 Å². The first kappa shape index (κ1) is 21.0. The molecule has 3 aromatic rings. The molecule has 1 atom stereocenters. The zero-order valence-corrected chi connectivity index (χ0v) is 17.6. The Kier molecular flexibility index (Phi) is 5.47. The van der Waals surface area contributed by atoms with Crippen molar-refractivity contribution in [2.75, 3.05) is 25.2 Å². The van der Waals surface area contributed by atoms with Gasteiger partial charge in [0, 0.05) is 18.3 Å². The van der Waals surface area contributed by atoms with E-state index in [4.69, 9.17) is 4.74 Å². The second kappa shape index (κ2) is 8.09. The first-order chi connectivity index (χ1) is 14.8. The van der Waals surface area contributed by atoms with E-state index in [1.54, 1.807) is 26.1 Å². The number of alkyl halides is 1. The molecule has 0 bridgehead atoms. The molecule has 164 valence electrons. The molecule has 1 saturated heterocycles. The number of halogens is 2. The maximum Gasteiger partial charge on any atom is 0.257 e. The zero-order chi connectivity index (χ0) is 22.2. The SMILES string of the molecule is COc1ncc(F)cc1C1CCCN1c1ccn2ncc(C(=O)NC(C)(C)CF)c2n1. The van der Waals surface area contributed by atoms with Gasteiger partial charge in [-0.05, 0) is 38.8 Å². The van der Waals surface area contributed by atoms with Crippen LogP contribution in [0, 0.1) is 5.82 Å². The third-order valence-electron chi connectivity index (χ3n) is 5.33. The molecule has 0 aliphatic carbocycles. The summed E-state index contributed by atoms with van der Waals surface area (Å²) in [5, 5.41) is 6.84. The topological polar surface area (TPSA) is 84.6 Å². The molecular weight excluding hydrogens is 406 g/mol. The number of pyridine rings is 1. The van der Waals surface area contributed by atoms with Crippen LogP contribution in [0.2, 0.25) is 0 Å². The molecule has 4 rings (SSSR count). The van der Waals surface area contributed by atoms with Gasteiger partial charge in [0.1, 0.15) is 23.9 Å². The number of ether oxygens (including phenoxy) is 1. The number of methoxy groups -OCH3 is 1. The van der Waals surface area contributed by atoms with E-state index in [1.165, 1.54) is 23.9 Å². The molecule has 1 fully saturated rings. The summed E-state index contributed by atoms with van der Waals surface area (Å²) < 4.78 is 33.9. The molecule has 31 heavy (non-hydrogen) atoms. The normalized spacial score (nSPS) is 16.7. The van der Waals surface area contributed by atoms with Crippen molar-refractivity contribution in [3.8, 4) is 5.88 Å².